The molecule has 3 atom stereocenters. The van der Waals surface area contributed by atoms with Gasteiger partial charge in [-0.05, 0) is 33.6 Å². The quantitative estimate of drug-likeness (QED) is 0.471. The van der Waals surface area contributed by atoms with E-state index in [-0.39, 0.29) is 6.42 Å². The fraction of sp³-hybridized carbons (Fsp3) is 0.917. The molecule has 0 aromatic carbocycles. The fourth-order valence-corrected chi connectivity index (χ4v) is 2.38. The predicted molar refractivity (Wildman–Crippen MR) is 64.6 cm³/mol. The Labute approximate surface area is 106 Å². The molecule has 1 N–H and O–H groups in total. The molecule has 0 amide bonds. The highest BCUT2D eigenvalue weighted by molar-refractivity contribution is 5.70. The molecule has 0 spiro atoms. The molecule has 1 rings (SSSR count). The van der Waals surface area contributed by atoms with Crippen molar-refractivity contribution < 1.29 is 19.6 Å². The normalized spacial score (nSPS) is 28.8. The van der Waals surface area contributed by atoms with E-state index < -0.39 is 34.6 Å². The zero-order valence-electron chi connectivity index (χ0n) is 11.1. The second kappa shape index (κ2) is 5.65. The number of nitro groups is 1. The molecule has 104 valence electrons. The molecular weight excluding hydrogens is 238 g/mol. The van der Waals surface area contributed by atoms with Gasteiger partial charge in [0.25, 0.3) is 0 Å². The van der Waals surface area contributed by atoms with Crippen LogP contribution in [0.3, 0.4) is 0 Å². The Morgan fingerprint density at radius 1 is 1.44 bits per heavy atom. The van der Waals surface area contributed by atoms with Gasteiger partial charge in [-0.1, -0.05) is 6.42 Å². The lowest BCUT2D eigenvalue weighted by Crippen LogP contribution is -2.44. The van der Waals surface area contributed by atoms with Crippen LogP contribution in [-0.2, 0) is 9.53 Å². The molecule has 6 heteroatoms. The number of nitrogens with zero attached hydrogens (tertiary/aromatic N) is 1. The number of hydrogen-bond donors (Lipinski definition) is 1. The van der Waals surface area contributed by atoms with Crippen LogP contribution in [-0.4, -0.2) is 33.7 Å². The van der Waals surface area contributed by atoms with Crippen LogP contribution in [0.1, 0.15) is 46.5 Å². The number of rotatable bonds is 3. The van der Waals surface area contributed by atoms with Crippen LogP contribution in [0.5, 0.6) is 0 Å². The first-order chi connectivity index (χ1) is 8.20. The number of hydrogen-bond acceptors (Lipinski definition) is 5. The second-order valence-electron chi connectivity index (χ2n) is 5.82. The monoisotopic (exact) mass is 259 g/mol. The van der Waals surface area contributed by atoms with Crippen molar-refractivity contribution in [2.75, 3.05) is 0 Å². The number of ether oxygens (including phenoxy) is 1. The van der Waals surface area contributed by atoms with Gasteiger partial charge in [0.2, 0.25) is 6.04 Å². The van der Waals surface area contributed by atoms with E-state index in [4.69, 9.17) is 4.74 Å². The van der Waals surface area contributed by atoms with Crippen molar-refractivity contribution in [2.24, 2.45) is 5.92 Å². The largest absolute Gasteiger partial charge is 0.460 e. The van der Waals surface area contributed by atoms with Crippen molar-refractivity contribution in [3.8, 4) is 0 Å². The van der Waals surface area contributed by atoms with Crippen LogP contribution in [0.2, 0.25) is 0 Å². The van der Waals surface area contributed by atoms with Gasteiger partial charge in [0.05, 0.1) is 6.42 Å². The molecule has 1 fully saturated rings. The third kappa shape index (κ3) is 4.25. The average Bonchev–Trinajstić information content (AvgIpc) is 2.13. The first-order valence-electron chi connectivity index (χ1n) is 6.24. The molecule has 0 heterocycles. The number of aliphatic hydroxyl groups excluding tert-OH is 1. The fourth-order valence-electron chi connectivity index (χ4n) is 2.38. The summed E-state index contributed by atoms with van der Waals surface area (Å²) in [7, 11) is 0. The summed E-state index contributed by atoms with van der Waals surface area (Å²) in [4.78, 5) is 22.1. The van der Waals surface area contributed by atoms with Crippen LogP contribution in [0, 0.1) is 16.0 Å². The van der Waals surface area contributed by atoms with Crippen LogP contribution in [0.4, 0.5) is 0 Å². The zero-order chi connectivity index (χ0) is 13.9. The van der Waals surface area contributed by atoms with Crippen LogP contribution < -0.4 is 0 Å². The summed E-state index contributed by atoms with van der Waals surface area (Å²) in [6, 6.07) is -1.05. The van der Waals surface area contributed by atoms with E-state index in [0.29, 0.717) is 19.3 Å². The van der Waals surface area contributed by atoms with E-state index in [9.17, 15) is 20.0 Å². The maximum absolute atomic E-state index is 11.7. The average molecular weight is 259 g/mol. The van der Waals surface area contributed by atoms with Gasteiger partial charge >= 0.3 is 5.97 Å². The van der Waals surface area contributed by atoms with Crippen molar-refractivity contribution in [2.45, 2.75) is 64.2 Å². The molecule has 18 heavy (non-hydrogen) atoms. The van der Waals surface area contributed by atoms with Crippen molar-refractivity contribution in [1.82, 2.24) is 0 Å². The van der Waals surface area contributed by atoms with Crippen LogP contribution in [0.15, 0.2) is 0 Å². The zero-order valence-corrected chi connectivity index (χ0v) is 11.1. The first kappa shape index (κ1) is 14.9. The van der Waals surface area contributed by atoms with Crippen molar-refractivity contribution >= 4 is 5.97 Å². The van der Waals surface area contributed by atoms with E-state index in [0.717, 1.165) is 0 Å². The van der Waals surface area contributed by atoms with Gasteiger partial charge in [0.15, 0.2) is 0 Å². The highest BCUT2D eigenvalue weighted by atomic mass is 16.6. The van der Waals surface area contributed by atoms with Crippen LogP contribution in [0.25, 0.3) is 0 Å². The smallest absolute Gasteiger partial charge is 0.306 e. The Morgan fingerprint density at radius 2 is 2.06 bits per heavy atom. The lowest BCUT2D eigenvalue weighted by molar-refractivity contribution is -0.547. The third-order valence-corrected chi connectivity index (χ3v) is 3.04. The van der Waals surface area contributed by atoms with E-state index in [1.165, 1.54) is 0 Å². The number of carbonyl (C=O) groups is 1. The Balaban J connectivity index is 2.63. The maximum Gasteiger partial charge on any atom is 0.306 e. The molecule has 6 nitrogen and oxygen atoms in total. The lowest BCUT2D eigenvalue weighted by Gasteiger charge is -2.29. The van der Waals surface area contributed by atoms with Gasteiger partial charge in [-0.25, -0.2) is 0 Å². The molecule has 0 aromatic heterocycles. The number of esters is 1. The Morgan fingerprint density at radius 3 is 2.56 bits per heavy atom. The molecule has 0 aliphatic heterocycles. The van der Waals surface area contributed by atoms with Crippen molar-refractivity contribution in [3.05, 3.63) is 10.1 Å². The minimum absolute atomic E-state index is 0.0000231. The molecule has 1 aliphatic carbocycles. The third-order valence-electron chi connectivity index (χ3n) is 3.04. The van der Waals surface area contributed by atoms with Gasteiger partial charge in [-0.2, -0.15) is 0 Å². The summed E-state index contributed by atoms with van der Waals surface area (Å²) < 4.78 is 5.16. The molecule has 0 saturated heterocycles. The van der Waals surface area contributed by atoms with E-state index in [1.807, 2.05) is 0 Å². The Kier molecular flexibility index (Phi) is 4.67. The highest BCUT2D eigenvalue weighted by Gasteiger charge is 2.42. The van der Waals surface area contributed by atoms with Gasteiger partial charge in [0.1, 0.15) is 11.7 Å². The lowest BCUT2D eigenvalue weighted by atomic mass is 9.81. The minimum atomic E-state index is -1.05. The number of carbonyl (C=O) groups excluding carboxylic acids is 1. The standard InChI is InChI=1S/C12H21NO5/c1-12(2,3)18-10(15)7-8-5-4-6-9(14)11(8)13(16)17/h8-9,11,14H,4-7H2,1-3H3/t8-,9-,11-/m1/s1. The van der Waals surface area contributed by atoms with Gasteiger partial charge in [0, 0.05) is 10.8 Å². The molecular formula is C12H21NO5. The van der Waals surface area contributed by atoms with E-state index >= 15 is 0 Å². The van der Waals surface area contributed by atoms with Gasteiger partial charge in [-0.15, -0.1) is 0 Å². The first-order valence-corrected chi connectivity index (χ1v) is 6.24. The summed E-state index contributed by atoms with van der Waals surface area (Å²) in [5.41, 5.74) is -0.589. The summed E-state index contributed by atoms with van der Waals surface area (Å²) >= 11 is 0. The SMILES string of the molecule is CC(C)(C)OC(=O)C[C@H]1CCC[C@@H](O)[C@@H]1[N+](=O)[O-]. The van der Waals surface area contributed by atoms with Crippen molar-refractivity contribution in [3.63, 3.8) is 0 Å². The number of aliphatic hydroxyl groups is 1. The molecule has 0 bridgehead atoms. The minimum Gasteiger partial charge on any atom is -0.460 e. The summed E-state index contributed by atoms with van der Waals surface area (Å²) in [6.45, 7) is 5.27. The Hall–Kier alpha value is -1.17. The predicted octanol–water partition coefficient (Wildman–Crippen LogP) is 1.52. The summed E-state index contributed by atoms with van der Waals surface area (Å²) in [5, 5.41) is 20.6. The van der Waals surface area contributed by atoms with Crippen molar-refractivity contribution in [1.29, 1.82) is 0 Å². The topological polar surface area (TPSA) is 89.7 Å². The molecule has 0 radical (unpaired) electrons. The summed E-state index contributed by atoms with van der Waals surface area (Å²) in [6.07, 6.45) is 0.762. The van der Waals surface area contributed by atoms with E-state index in [2.05, 4.69) is 0 Å². The summed E-state index contributed by atoms with van der Waals surface area (Å²) in [5.74, 6) is -0.868. The molecule has 1 aliphatic rings. The molecule has 0 aromatic rings. The molecule has 0 unspecified atom stereocenters. The Bertz CT molecular complexity index is 323. The van der Waals surface area contributed by atoms with Gasteiger partial charge < -0.3 is 9.84 Å². The van der Waals surface area contributed by atoms with Crippen LogP contribution >= 0.6 is 0 Å². The van der Waals surface area contributed by atoms with E-state index in [1.54, 1.807) is 20.8 Å². The molecule has 1 saturated carbocycles. The second-order valence-corrected chi connectivity index (χ2v) is 5.82. The van der Waals surface area contributed by atoms with Gasteiger partial charge in [-0.3, -0.25) is 14.9 Å². The highest BCUT2D eigenvalue weighted by Crippen LogP contribution is 2.30. The maximum atomic E-state index is 11.7.